The molecule has 0 aliphatic heterocycles. The number of halogens is 1. The van der Waals surface area contributed by atoms with Gasteiger partial charge in [0.2, 0.25) is 0 Å². The predicted octanol–water partition coefficient (Wildman–Crippen LogP) is 3.55. The molecular formula is C21H30IN3O3. The number of benzene rings is 2. The summed E-state index contributed by atoms with van der Waals surface area (Å²) >= 11 is 0. The van der Waals surface area contributed by atoms with Crippen molar-refractivity contribution in [3.05, 3.63) is 59.7 Å². The molecule has 0 spiro atoms. The number of hydrogen-bond donors (Lipinski definition) is 1. The Labute approximate surface area is 184 Å². The summed E-state index contributed by atoms with van der Waals surface area (Å²) in [7, 11) is 7.15. The Hall–Kier alpha value is -2.00. The van der Waals surface area contributed by atoms with Gasteiger partial charge in [0.15, 0.2) is 5.96 Å². The molecule has 2 aromatic carbocycles. The zero-order valence-electron chi connectivity index (χ0n) is 17.0. The van der Waals surface area contributed by atoms with Crippen LogP contribution in [0.4, 0.5) is 0 Å². The molecule has 0 atom stereocenters. The number of methoxy groups -OCH3 is 2. The zero-order chi connectivity index (χ0) is 19.5. The summed E-state index contributed by atoms with van der Waals surface area (Å²) in [6.07, 6.45) is 0. The van der Waals surface area contributed by atoms with Crippen LogP contribution >= 0.6 is 24.0 Å². The van der Waals surface area contributed by atoms with Crippen LogP contribution in [0.2, 0.25) is 0 Å². The number of rotatable bonds is 9. The van der Waals surface area contributed by atoms with Crippen LogP contribution in [0.5, 0.6) is 11.5 Å². The standard InChI is InChI=1S/C21H29N3O3.HI/c1-22-21(24(2)16-18-7-9-19(26-4)10-8-18)23-15-17-5-11-20(12-6-17)27-14-13-25-3;/h5-12H,13-16H2,1-4H3,(H,22,23);1H. The molecule has 7 heteroatoms. The highest BCUT2D eigenvalue weighted by atomic mass is 127. The first kappa shape index (κ1) is 24.0. The van der Waals surface area contributed by atoms with Gasteiger partial charge >= 0.3 is 0 Å². The maximum absolute atomic E-state index is 5.58. The van der Waals surface area contributed by atoms with E-state index in [2.05, 4.69) is 27.3 Å². The smallest absolute Gasteiger partial charge is 0.193 e. The van der Waals surface area contributed by atoms with Crippen LogP contribution in [0.3, 0.4) is 0 Å². The van der Waals surface area contributed by atoms with Crippen LogP contribution in [0.1, 0.15) is 11.1 Å². The molecule has 0 radical (unpaired) electrons. The molecule has 6 nitrogen and oxygen atoms in total. The van der Waals surface area contributed by atoms with Gasteiger partial charge in [-0.3, -0.25) is 4.99 Å². The quantitative estimate of drug-likeness (QED) is 0.248. The van der Waals surface area contributed by atoms with Crippen LogP contribution in [0.25, 0.3) is 0 Å². The Bertz CT molecular complexity index is 706. The molecule has 0 fully saturated rings. The molecule has 1 N–H and O–H groups in total. The highest BCUT2D eigenvalue weighted by Gasteiger charge is 2.07. The average molecular weight is 499 g/mol. The van der Waals surface area contributed by atoms with Crippen LogP contribution in [0, 0.1) is 0 Å². The Kier molecular flexibility index (Phi) is 11.4. The SMILES string of the molecule is CN=C(NCc1ccc(OCCOC)cc1)N(C)Cc1ccc(OC)cc1.I. The summed E-state index contributed by atoms with van der Waals surface area (Å²) in [5.74, 6) is 2.54. The van der Waals surface area contributed by atoms with E-state index in [0.717, 1.165) is 29.6 Å². The van der Waals surface area contributed by atoms with Crippen molar-refractivity contribution in [3.63, 3.8) is 0 Å². The van der Waals surface area contributed by atoms with Gasteiger partial charge in [0.25, 0.3) is 0 Å². The largest absolute Gasteiger partial charge is 0.497 e. The maximum Gasteiger partial charge on any atom is 0.193 e. The molecule has 0 saturated carbocycles. The van der Waals surface area contributed by atoms with Crippen LogP contribution in [0.15, 0.2) is 53.5 Å². The molecule has 0 saturated heterocycles. The van der Waals surface area contributed by atoms with Crippen molar-refractivity contribution < 1.29 is 14.2 Å². The van der Waals surface area contributed by atoms with Gasteiger partial charge in [-0.05, 0) is 35.4 Å². The van der Waals surface area contributed by atoms with Crippen molar-refractivity contribution in [2.24, 2.45) is 4.99 Å². The fourth-order valence-electron chi connectivity index (χ4n) is 2.59. The number of ether oxygens (including phenoxy) is 3. The Morgan fingerprint density at radius 3 is 2.11 bits per heavy atom. The lowest BCUT2D eigenvalue weighted by molar-refractivity contribution is 0.146. The summed E-state index contributed by atoms with van der Waals surface area (Å²) in [6.45, 7) is 2.59. The lowest BCUT2D eigenvalue weighted by atomic mass is 10.2. The highest BCUT2D eigenvalue weighted by molar-refractivity contribution is 14.0. The molecule has 0 aliphatic carbocycles. The molecular weight excluding hydrogens is 469 g/mol. The van der Waals surface area contributed by atoms with Crippen molar-refractivity contribution >= 4 is 29.9 Å². The molecule has 0 aliphatic rings. The number of hydrogen-bond acceptors (Lipinski definition) is 4. The van der Waals surface area contributed by atoms with Crippen molar-refractivity contribution in [1.29, 1.82) is 0 Å². The fourth-order valence-corrected chi connectivity index (χ4v) is 2.59. The topological polar surface area (TPSA) is 55.3 Å². The van der Waals surface area contributed by atoms with Gasteiger partial charge in [-0.1, -0.05) is 24.3 Å². The molecule has 0 unspecified atom stereocenters. The minimum atomic E-state index is 0. The maximum atomic E-state index is 5.58. The van der Waals surface area contributed by atoms with E-state index >= 15 is 0 Å². The molecule has 0 aromatic heterocycles. The molecule has 0 bridgehead atoms. The van der Waals surface area contributed by atoms with Gasteiger partial charge in [-0.25, -0.2) is 0 Å². The third kappa shape index (κ3) is 7.93. The highest BCUT2D eigenvalue weighted by Crippen LogP contribution is 2.14. The van der Waals surface area contributed by atoms with E-state index in [0.29, 0.717) is 19.8 Å². The Balaban J connectivity index is 0.00000392. The second-order valence-corrected chi connectivity index (χ2v) is 6.09. The minimum absolute atomic E-state index is 0. The van der Waals surface area contributed by atoms with Crippen LogP contribution in [-0.4, -0.2) is 52.4 Å². The fraction of sp³-hybridized carbons (Fsp3) is 0.381. The predicted molar refractivity (Wildman–Crippen MR) is 124 cm³/mol. The van der Waals surface area contributed by atoms with E-state index in [1.165, 1.54) is 5.56 Å². The van der Waals surface area contributed by atoms with Gasteiger partial charge < -0.3 is 24.4 Å². The third-order valence-electron chi connectivity index (χ3n) is 4.08. The number of guanidine groups is 1. The zero-order valence-corrected chi connectivity index (χ0v) is 19.3. The molecule has 0 amide bonds. The van der Waals surface area contributed by atoms with E-state index < -0.39 is 0 Å². The monoisotopic (exact) mass is 499 g/mol. The van der Waals surface area contributed by atoms with E-state index in [1.807, 2.05) is 43.4 Å². The second-order valence-electron chi connectivity index (χ2n) is 6.09. The van der Waals surface area contributed by atoms with Crippen LogP contribution < -0.4 is 14.8 Å². The van der Waals surface area contributed by atoms with Gasteiger partial charge in [0.05, 0.1) is 13.7 Å². The van der Waals surface area contributed by atoms with E-state index in [4.69, 9.17) is 14.2 Å². The summed E-state index contributed by atoms with van der Waals surface area (Å²) < 4.78 is 15.8. The van der Waals surface area contributed by atoms with Gasteiger partial charge in [0, 0.05) is 34.3 Å². The van der Waals surface area contributed by atoms with Crippen molar-refractivity contribution in [3.8, 4) is 11.5 Å². The van der Waals surface area contributed by atoms with Crippen molar-refractivity contribution in [2.45, 2.75) is 13.1 Å². The van der Waals surface area contributed by atoms with Gasteiger partial charge in [0.1, 0.15) is 18.1 Å². The number of nitrogens with zero attached hydrogens (tertiary/aromatic N) is 2. The molecule has 154 valence electrons. The minimum Gasteiger partial charge on any atom is -0.497 e. The normalized spacial score (nSPS) is 10.8. The lowest BCUT2D eigenvalue weighted by Crippen LogP contribution is -2.38. The van der Waals surface area contributed by atoms with Crippen molar-refractivity contribution in [2.75, 3.05) is 41.5 Å². The molecule has 28 heavy (non-hydrogen) atoms. The molecule has 0 heterocycles. The summed E-state index contributed by atoms with van der Waals surface area (Å²) in [4.78, 5) is 6.46. The van der Waals surface area contributed by atoms with E-state index in [-0.39, 0.29) is 24.0 Å². The first-order valence-electron chi connectivity index (χ1n) is 8.91. The van der Waals surface area contributed by atoms with E-state index in [9.17, 15) is 0 Å². The lowest BCUT2D eigenvalue weighted by Gasteiger charge is -2.22. The Morgan fingerprint density at radius 2 is 1.54 bits per heavy atom. The van der Waals surface area contributed by atoms with Crippen molar-refractivity contribution in [1.82, 2.24) is 10.2 Å². The second kappa shape index (κ2) is 13.2. The summed E-state index contributed by atoms with van der Waals surface area (Å²) in [5.41, 5.74) is 2.35. The van der Waals surface area contributed by atoms with Crippen LogP contribution in [-0.2, 0) is 17.8 Å². The average Bonchev–Trinajstić information content (AvgIpc) is 2.70. The first-order chi connectivity index (χ1) is 13.2. The van der Waals surface area contributed by atoms with E-state index in [1.54, 1.807) is 21.3 Å². The van der Waals surface area contributed by atoms with Gasteiger partial charge in [-0.15, -0.1) is 24.0 Å². The summed E-state index contributed by atoms with van der Waals surface area (Å²) in [5, 5.41) is 3.39. The molecule has 2 aromatic rings. The third-order valence-corrected chi connectivity index (χ3v) is 4.08. The molecule has 2 rings (SSSR count). The number of aliphatic imine (C=N–C) groups is 1. The summed E-state index contributed by atoms with van der Waals surface area (Å²) in [6, 6.07) is 16.1. The Morgan fingerprint density at radius 1 is 0.929 bits per heavy atom. The number of nitrogens with one attached hydrogen (secondary N) is 1. The first-order valence-corrected chi connectivity index (χ1v) is 8.91. The van der Waals surface area contributed by atoms with Gasteiger partial charge in [-0.2, -0.15) is 0 Å².